The van der Waals surface area contributed by atoms with Crippen LogP contribution in [-0.4, -0.2) is 4.57 Å². The summed E-state index contributed by atoms with van der Waals surface area (Å²) in [5.41, 5.74) is 0. The topological polar surface area (TPSA) is 8.81 Å². The molecule has 1 aromatic rings. The van der Waals surface area contributed by atoms with Crippen molar-refractivity contribution in [2.24, 2.45) is 0 Å². The Bertz CT molecular complexity index is 590. The van der Waals surface area contributed by atoms with Crippen molar-refractivity contribution in [2.75, 3.05) is 0 Å². The molecule has 0 N–H and O–H groups in total. The van der Waals surface area contributed by atoms with Gasteiger partial charge < -0.3 is 0 Å². The second-order valence-electron chi connectivity index (χ2n) is 12.3. The first-order valence-corrected chi connectivity index (χ1v) is 17.9. The van der Waals surface area contributed by atoms with Gasteiger partial charge in [0.2, 0.25) is 0 Å². The Hall–Kier alpha value is -0.790. The molecule has 38 heavy (non-hydrogen) atoms. The van der Waals surface area contributed by atoms with E-state index < -0.39 is 0 Å². The number of nitrogens with zero attached hydrogens (tertiary/aromatic N) is 2. The Labute approximate surface area is 240 Å². The highest BCUT2D eigenvalue weighted by molar-refractivity contribution is 4.84. The van der Waals surface area contributed by atoms with Crippen LogP contribution in [0, 0.1) is 0 Å². The minimum atomic E-state index is 1.23. The fourth-order valence-electron chi connectivity index (χ4n) is 5.97. The Balaban J connectivity index is 2.31. The van der Waals surface area contributed by atoms with Crippen molar-refractivity contribution >= 4 is 0 Å². The smallest absolute Gasteiger partial charge is 0.234 e. The van der Waals surface area contributed by atoms with Crippen LogP contribution in [0.2, 0.25) is 0 Å². The molecule has 224 valence electrons. The molecule has 0 amide bonds. The van der Waals surface area contributed by atoms with Crippen LogP contribution < -0.4 is 4.57 Å². The summed E-state index contributed by atoms with van der Waals surface area (Å²) in [5.74, 6) is 1.62. The van der Waals surface area contributed by atoms with Crippen LogP contribution >= 0.6 is 0 Å². The molecule has 0 aliphatic rings. The predicted molar refractivity (Wildman–Crippen MR) is 170 cm³/mol. The molecule has 0 saturated carbocycles. The van der Waals surface area contributed by atoms with E-state index in [0.29, 0.717) is 0 Å². The van der Waals surface area contributed by atoms with Crippen molar-refractivity contribution < 1.29 is 4.57 Å². The molecule has 0 fully saturated rings. The lowest BCUT2D eigenvalue weighted by molar-refractivity contribution is -0.704. The van der Waals surface area contributed by atoms with Gasteiger partial charge in [0, 0.05) is 6.42 Å². The molecule has 2 nitrogen and oxygen atoms in total. The maximum atomic E-state index is 2.62. The second kappa shape index (κ2) is 27.8. The number of rotatable bonds is 30. The van der Waals surface area contributed by atoms with E-state index >= 15 is 0 Å². The predicted octanol–water partition coefficient (Wildman–Crippen LogP) is 11.9. The monoisotopic (exact) mass is 532 g/mol. The zero-order valence-corrected chi connectivity index (χ0v) is 26.8. The zero-order valence-electron chi connectivity index (χ0n) is 26.8. The fraction of sp³-hybridized carbons (Fsp3) is 0.917. The Morgan fingerprint density at radius 1 is 0.447 bits per heavy atom. The first-order valence-electron chi connectivity index (χ1n) is 17.9. The normalized spacial score (nSPS) is 11.6. The molecule has 0 aliphatic carbocycles. The molecule has 0 spiro atoms. The lowest BCUT2D eigenvalue weighted by atomic mass is 10.0. The third kappa shape index (κ3) is 20.2. The van der Waals surface area contributed by atoms with Gasteiger partial charge in [-0.05, 0) is 32.1 Å². The lowest BCUT2D eigenvalue weighted by Gasteiger charge is -2.07. The molecule has 0 bridgehead atoms. The van der Waals surface area contributed by atoms with Crippen LogP contribution in [0.1, 0.15) is 200 Å². The van der Waals surface area contributed by atoms with Gasteiger partial charge in [-0.3, -0.25) is 0 Å². The summed E-state index contributed by atoms with van der Waals surface area (Å²) in [4.78, 5) is 0. The van der Waals surface area contributed by atoms with Crippen LogP contribution in [0.5, 0.6) is 0 Å². The van der Waals surface area contributed by atoms with Crippen molar-refractivity contribution in [3.8, 4) is 0 Å². The van der Waals surface area contributed by atoms with Gasteiger partial charge in [0.1, 0.15) is 12.4 Å². The first kappa shape index (κ1) is 35.2. The number of aryl methyl sites for hydroxylation is 2. The molecule has 0 aliphatic heterocycles. The summed E-state index contributed by atoms with van der Waals surface area (Å²) in [6.07, 6.45) is 44.4. The average Bonchev–Trinajstić information content (AvgIpc) is 3.31. The summed E-state index contributed by atoms with van der Waals surface area (Å²) < 4.78 is 5.24. The Kier molecular flexibility index (Phi) is 25.7. The van der Waals surface area contributed by atoms with Gasteiger partial charge in [-0.25, -0.2) is 9.13 Å². The van der Waals surface area contributed by atoms with E-state index in [0.717, 1.165) is 0 Å². The summed E-state index contributed by atoms with van der Waals surface area (Å²) in [6, 6.07) is 0. The van der Waals surface area contributed by atoms with Crippen LogP contribution in [0.15, 0.2) is 12.4 Å². The minimum absolute atomic E-state index is 1.23. The molecule has 2 heteroatoms. The van der Waals surface area contributed by atoms with Crippen LogP contribution in [0.3, 0.4) is 0 Å². The van der Waals surface area contributed by atoms with E-state index in [-0.39, 0.29) is 0 Å². The molecule has 1 heterocycles. The van der Waals surface area contributed by atoms with Crippen LogP contribution in [-0.2, 0) is 19.5 Å². The van der Waals surface area contributed by atoms with Crippen molar-refractivity contribution in [2.45, 2.75) is 214 Å². The molecular formula is C36H71N2+. The molecular weight excluding hydrogens is 460 g/mol. The summed E-state index contributed by atoms with van der Waals surface area (Å²) in [6.45, 7) is 9.39. The van der Waals surface area contributed by atoms with Gasteiger partial charge in [-0.2, -0.15) is 0 Å². The molecule has 0 saturated heterocycles. The molecule has 1 rings (SSSR count). The first-order chi connectivity index (χ1) is 18.8. The number of hydrogen-bond acceptors (Lipinski definition) is 0. The highest BCUT2D eigenvalue weighted by Crippen LogP contribution is 2.14. The van der Waals surface area contributed by atoms with E-state index in [9.17, 15) is 0 Å². The maximum absolute atomic E-state index is 2.62. The number of imidazole rings is 1. The largest absolute Gasteiger partial charge is 0.256 e. The maximum Gasteiger partial charge on any atom is 0.256 e. The summed E-state index contributed by atoms with van der Waals surface area (Å²) >= 11 is 0. The van der Waals surface area contributed by atoms with Gasteiger partial charge in [-0.15, -0.1) is 0 Å². The second-order valence-corrected chi connectivity index (χ2v) is 12.3. The quantitative estimate of drug-likeness (QED) is 0.0689. The molecule has 0 atom stereocenters. The van der Waals surface area contributed by atoms with Gasteiger partial charge in [0.05, 0.1) is 13.1 Å². The van der Waals surface area contributed by atoms with Crippen LogP contribution in [0.4, 0.5) is 0 Å². The van der Waals surface area contributed by atoms with Crippen molar-refractivity contribution in [3.05, 3.63) is 18.2 Å². The van der Waals surface area contributed by atoms with Gasteiger partial charge in [0.25, 0.3) is 5.82 Å². The highest BCUT2D eigenvalue weighted by Gasteiger charge is 2.16. The van der Waals surface area contributed by atoms with Crippen LogP contribution in [0.25, 0.3) is 0 Å². The zero-order chi connectivity index (χ0) is 27.4. The Morgan fingerprint density at radius 2 is 0.816 bits per heavy atom. The van der Waals surface area contributed by atoms with Gasteiger partial charge in [-0.1, -0.05) is 162 Å². The van der Waals surface area contributed by atoms with E-state index in [4.69, 9.17) is 0 Å². The number of hydrogen-bond donors (Lipinski definition) is 0. The third-order valence-electron chi connectivity index (χ3n) is 8.60. The molecule has 0 aromatic carbocycles. The number of aromatic nitrogens is 2. The van der Waals surface area contributed by atoms with E-state index in [1.165, 1.54) is 193 Å². The van der Waals surface area contributed by atoms with Gasteiger partial charge >= 0.3 is 0 Å². The Morgan fingerprint density at radius 3 is 1.26 bits per heavy atom. The lowest BCUT2D eigenvalue weighted by Crippen LogP contribution is -2.37. The fourth-order valence-corrected chi connectivity index (χ4v) is 5.97. The number of unbranched alkanes of at least 4 members (excludes halogenated alkanes) is 24. The summed E-state index contributed by atoms with van der Waals surface area (Å²) in [5, 5.41) is 0. The van der Waals surface area contributed by atoms with Gasteiger partial charge in [0.15, 0.2) is 0 Å². The molecule has 0 radical (unpaired) electrons. The average molecular weight is 532 g/mol. The van der Waals surface area contributed by atoms with E-state index in [1.807, 2.05) is 0 Å². The van der Waals surface area contributed by atoms with Crippen molar-refractivity contribution in [3.63, 3.8) is 0 Å². The molecule has 1 aromatic heterocycles. The standard InChI is InChI=1S/C36H71N2/c1-4-7-10-13-16-18-19-20-21-22-25-28-31-36-37(32-29-26-23-15-12-9-6-3)34-35-38(36)33-30-27-24-17-14-11-8-5-2/h34-35H,4-33H2,1-3H3/q+1. The van der Waals surface area contributed by atoms with Crippen molar-refractivity contribution in [1.29, 1.82) is 0 Å². The highest BCUT2D eigenvalue weighted by atomic mass is 15.1. The summed E-state index contributed by atoms with van der Waals surface area (Å²) in [7, 11) is 0. The van der Waals surface area contributed by atoms with E-state index in [1.54, 1.807) is 5.82 Å². The van der Waals surface area contributed by atoms with Crippen molar-refractivity contribution in [1.82, 2.24) is 4.57 Å². The SMILES string of the molecule is CCCCCCCCCCCCCCc1n(CCCCCCCCCC)cc[n+]1CCCCCCCCC. The minimum Gasteiger partial charge on any atom is -0.234 e. The third-order valence-corrected chi connectivity index (χ3v) is 8.60. The van der Waals surface area contributed by atoms with E-state index in [2.05, 4.69) is 42.3 Å². The molecule has 0 unspecified atom stereocenters.